The molecule has 1 atom stereocenters. The largest absolute Gasteiger partial charge is 0.495 e. The Hall–Kier alpha value is -2.56. The van der Waals surface area contributed by atoms with Crippen molar-refractivity contribution in [2.45, 2.75) is 45.0 Å². The van der Waals surface area contributed by atoms with Gasteiger partial charge in [0.25, 0.3) is 10.0 Å². The van der Waals surface area contributed by atoms with Crippen molar-refractivity contribution in [3.8, 4) is 5.75 Å². The van der Waals surface area contributed by atoms with Crippen LogP contribution in [0.15, 0.2) is 53.4 Å². The molecule has 0 spiro atoms. The van der Waals surface area contributed by atoms with Crippen molar-refractivity contribution < 1.29 is 23.0 Å². The van der Waals surface area contributed by atoms with Crippen LogP contribution in [0, 0.1) is 0 Å². The minimum absolute atomic E-state index is 0.128. The Balaban J connectivity index is 0.00000218. The van der Waals surface area contributed by atoms with Crippen LogP contribution in [0.2, 0.25) is 6.82 Å². The summed E-state index contributed by atoms with van der Waals surface area (Å²) in [6.07, 6.45) is 0.458. The van der Waals surface area contributed by atoms with E-state index in [1.165, 1.54) is 32.1 Å². The highest BCUT2D eigenvalue weighted by atomic mass is 32.2. The molecule has 2 rings (SSSR count). The number of carbonyl (C=O) groups is 1. The lowest BCUT2D eigenvalue weighted by molar-refractivity contribution is -0.117. The normalized spacial score (nSPS) is 11.5. The summed E-state index contributed by atoms with van der Waals surface area (Å²) in [5.74, 6) is 0.00711. The van der Waals surface area contributed by atoms with Crippen molar-refractivity contribution >= 4 is 34.4 Å². The molecule has 2 aromatic rings. The van der Waals surface area contributed by atoms with Gasteiger partial charge in [0.1, 0.15) is 5.75 Å². The van der Waals surface area contributed by atoms with Crippen molar-refractivity contribution in [3.63, 3.8) is 0 Å². The van der Waals surface area contributed by atoms with E-state index >= 15 is 0 Å². The number of benzene rings is 2. The summed E-state index contributed by atoms with van der Waals surface area (Å²) in [6, 6.07) is 11.9. The van der Waals surface area contributed by atoms with Gasteiger partial charge in [0, 0.05) is 0 Å². The Morgan fingerprint density at radius 1 is 1.17 bits per heavy atom. The number of amides is 1. The Labute approximate surface area is 179 Å². The summed E-state index contributed by atoms with van der Waals surface area (Å²) in [5, 5.41) is 14.9. The number of anilines is 2. The number of methoxy groups -OCH3 is 1. The maximum atomic E-state index is 12.5. The molecule has 0 aliphatic rings. The van der Waals surface area contributed by atoms with Gasteiger partial charge in [-0.15, -0.1) is 0 Å². The molecule has 8 nitrogen and oxygen atoms in total. The number of carbonyl (C=O) groups excluding carboxylic acids is 1. The molecule has 164 valence electrons. The van der Waals surface area contributed by atoms with Gasteiger partial charge in [0.2, 0.25) is 5.91 Å². The fraction of sp³-hybridized carbons (Fsp3) is 0.350. The van der Waals surface area contributed by atoms with Crippen molar-refractivity contribution in [1.82, 2.24) is 5.23 Å². The third kappa shape index (κ3) is 7.36. The first-order chi connectivity index (χ1) is 14.3. The van der Waals surface area contributed by atoms with Crippen LogP contribution in [0.5, 0.6) is 5.75 Å². The molecule has 0 heterocycles. The predicted octanol–water partition coefficient (Wildman–Crippen LogP) is 2.94. The fourth-order valence-corrected chi connectivity index (χ4v) is 3.64. The van der Waals surface area contributed by atoms with Gasteiger partial charge in [-0.05, 0) is 43.6 Å². The number of rotatable bonds is 9. The summed E-state index contributed by atoms with van der Waals surface area (Å²) in [4.78, 5) is 12.6. The Bertz CT molecular complexity index is 908. The molecular formula is C20H30BN3O5S. The zero-order valence-electron chi connectivity index (χ0n) is 18.0. The SMILES string of the molecule is CC.CC[C@H](NB(C)O)C(=O)Nc1cc(NS(=O)(=O)c2ccccc2)ccc1OC. The third-order valence-electron chi connectivity index (χ3n) is 3.93. The molecular weight excluding hydrogens is 405 g/mol. The second-order valence-electron chi connectivity index (χ2n) is 6.13. The van der Waals surface area contributed by atoms with Crippen LogP contribution >= 0.6 is 0 Å². The van der Waals surface area contributed by atoms with Crippen LogP contribution in [-0.2, 0) is 14.8 Å². The Morgan fingerprint density at radius 2 is 1.80 bits per heavy atom. The minimum Gasteiger partial charge on any atom is -0.495 e. The van der Waals surface area contributed by atoms with E-state index in [-0.39, 0.29) is 16.5 Å². The molecule has 0 saturated heterocycles. The van der Waals surface area contributed by atoms with Crippen LogP contribution in [0.3, 0.4) is 0 Å². The summed E-state index contributed by atoms with van der Waals surface area (Å²) < 4.78 is 32.7. The van der Waals surface area contributed by atoms with Crippen LogP contribution in [0.25, 0.3) is 0 Å². The van der Waals surface area contributed by atoms with E-state index in [1.807, 2.05) is 13.8 Å². The lowest BCUT2D eigenvalue weighted by atomic mass is 9.86. The van der Waals surface area contributed by atoms with Crippen LogP contribution in [0.1, 0.15) is 27.2 Å². The zero-order chi connectivity index (χ0) is 22.7. The van der Waals surface area contributed by atoms with Gasteiger partial charge in [-0.3, -0.25) is 9.52 Å². The molecule has 4 N–H and O–H groups in total. The number of hydrogen-bond acceptors (Lipinski definition) is 6. The quantitative estimate of drug-likeness (QED) is 0.450. The van der Waals surface area contributed by atoms with Crippen LogP contribution in [-0.4, -0.2) is 39.6 Å². The summed E-state index contributed by atoms with van der Waals surface area (Å²) in [6.45, 7) is 7.33. The first-order valence-electron chi connectivity index (χ1n) is 9.77. The predicted molar refractivity (Wildman–Crippen MR) is 121 cm³/mol. The van der Waals surface area contributed by atoms with Crippen LogP contribution in [0.4, 0.5) is 11.4 Å². The maximum Gasteiger partial charge on any atom is 0.374 e. The van der Waals surface area contributed by atoms with E-state index in [2.05, 4.69) is 15.3 Å². The van der Waals surface area contributed by atoms with E-state index in [1.54, 1.807) is 37.3 Å². The highest BCUT2D eigenvalue weighted by Gasteiger charge is 2.21. The van der Waals surface area contributed by atoms with Gasteiger partial charge in [-0.25, -0.2) is 8.42 Å². The monoisotopic (exact) mass is 435 g/mol. The molecule has 0 bridgehead atoms. The van der Waals surface area contributed by atoms with E-state index in [9.17, 15) is 18.2 Å². The molecule has 2 aromatic carbocycles. The molecule has 0 saturated carbocycles. The molecule has 0 aromatic heterocycles. The molecule has 0 aliphatic heterocycles. The van der Waals surface area contributed by atoms with Gasteiger partial charge in [-0.1, -0.05) is 39.0 Å². The topological polar surface area (TPSA) is 117 Å². The third-order valence-corrected chi connectivity index (χ3v) is 5.33. The summed E-state index contributed by atoms with van der Waals surface area (Å²) >= 11 is 0. The number of nitrogens with one attached hydrogen (secondary N) is 3. The molecule has 0 aliphatic carbocycles. The molecule has 10 heteroatoms. The average Bonchev–Trinajstić information content (AvgIpc) is 2.74. The summed E-state index contributed by atoms with van der Waals surface area (Å²) in [5.41, 5.74) is 0.586. The lowest BCUT2D eigenvalue weighted by Gasteiger charge is -2.19. The van der Waals surface area contributed by atoms with Crippen molar-refractivity contribution in [2.24, 2.45) is 0 Å². The van der Waals surface area contributed by atoms with Crippen LogP contribution < -0.4 is 20.0 Å². The first-order valence-corrected chi connectivity index (χ1v) is 11.3. The second kappa shape index (κ2) is 12.2. The molecule has 1 amide bonds. The second-order valence-corrected chi connectivity index (χ2v) is 7.81. The fourth-order valence-electron chi connectivity index (χ4n) is 2.57. The number of hydrogen-bond donors (Lipinski definition) is 4. The molecule has 0 radical (unpaired) electrons. The highest BCUT2D eigenvalue weighted by Crippen LogP contribution is 2.29. The maximum absolute atomic E-state index is 12.5. The number of sulfonamides is 1. The Kier molecular flexibility index (Phi) is 10.4. The van der Waals surface area contributed by atoms with Gasteiger partial charge in [-0.2, -0.15) is 0 Å². The lowest BCUT2D eigenvalue weighted by Crippen LogP contribution is -2.46. The van der Waals surface area contributed by atoms with Gasteiger partial charge in [0.05, 0.1) is 29.4 Å². The van der Waals surface area contributed by atoms with Crippen molar-refractivity contribution in [1.29, 1.82) is 0 Å². The Morgan fingerprint density at radius 3 is 2.33 bits per heavy atom. The average molecular weight is 435 g/mol. The van der Waals surface area contributed by atoms with Gasteiger partial charge in [0.15, 0.2) is 0 Å². The van der Waals surface area contributed by atoms with Gasteiger partial charge >= 0.3 is 7.05 Å². The van der Waals surface area contributed by atoms with Crippen molar-refractivity contribution in [2.75, 3.05) is 17.1 Å². The first kappa shape index (κ1) is 25.5. The smallest absolute Gasteiger partial charge is 0.374 e. The standard InChI is InChI=1S/C18H24BN3O5S.C2H6/c1-4-15(21-19(2)24)18(23)20-16-12-13(10-11-17(16)27-3)22-28(25,26)14-8-6-5-7-9-14;1-2/h5-12,15,21-22,24H,4H2,1-3H3,(H,20,23);1-2H3/t15-;/m0./s1. The molecule has 30 heavy (non-hydrogen) atoms. The van der Waals surface area contributed by atoms with Crippen molar-refractivity contribution in [3.05, 3.63) is 48.5 Å². The van der Waals surface area contributed by atoms with E-state index in [4.69, 9.17) is 4.74 Å². The number of ether oxygens (including phenoxy) is 1. The molecule has 0 unspecified atom stereocenters. The minimum atomic E-state index is -3.76. The van der Waals surface area contributed by atoms with E-state index < -0.39 is 23.1 Å². The van der Waals surface area contributed by atoms with E-state index in [0.29, 0.717) is 17.9 Å². The van der Waals surface area contributed by atoms with Gasteiger partial charge < -0.3 is 20.3 Å². The zero-order valence-corrected chi connectivity index (χ0v) is 18.8. The highest BCUT2D eigenvalue weighted by molar-refractivity contribution is 7.92. The summed E-state index contributed by atoms with van der Waals surface area (Å²) in [7, 11) is -3.16. The van der Waals surface area contributed by atoms with E-state index in [0.717, 1.165) is 0 Å². The molecule has 0 fully saturated rings.